The second-order valence-corrected chi connectivity index (χ2v) is 3.79. The molecule has 0 aromatic carbocycles. The van der Waals surface area contributed by atoms with Crippen molar-refractivity contribution in [3.8, 4) is 0 Å². The molecule has 0 saturated heterocycles. The van der Waals surface area contributed by atoms with Gasteiger partial charge in [0.05, 0.1) is 5.92 Å². The molecule has 1 rings (SSSR count). The van der Waals surface area contributed by atoms with Crippen LogP contribution < -0.4 is 5.32 Å². The van der Waals surface area contributed by atoms with E-state index in [9.17, 15) is 9.18 Å². The van der Waals surface area contributed by atoms with Gasteiger partial charge in [0.2, 0.25) is 0 Å². The van der Waals surface area contributed by atoms with Crippen molar-refractivity contribution in [2.45, 2.75) is 31.4 Å². The largest absolute Gasteiger partial charge is 0.481 e. The standard InChI is InChI=1S/C9H16FNO2/c1-11-6-9(10)4-2-7(3-5-9)8(12)13/h7,11H,2-6H2,1H3,(H,12,13). The number of hydrogen-bond acceptors (Lipinski definition) is 2. The molecular formula is C9H16FNO2. The second-order valence-electron chi connectivity index (χ2n) is 3.79. The van der Waals surface area contributed by atoms with Crippen molar-refractivity contribution in [3.63, 3.8) is 0 Å². The smallest absolute Gasteiger partial charge is 0.306 e. The Bertz CT molecular complexity index is 188. The van der Waals surface area contributed by atoms with Gasteiger partial charge in [0.25, 0.3) is 0 Å². The molecule has 0 spiro atoms. The first kappa shape index (κ1) is 10.4. The molecule has 2 N–H and O–H groups in total. The molecule has 0 aromatic rings. The third-order valence-corrected chi connectivity index (χ3v) is 2.72. The minimum absolute atomic E-state index is 0.333. The summed E-state index contributed by atoms with van der Waals surface area (Å²) in [5, 5.41) is 11.5. The molecule has 0 bridgehead atoms. The fourth-order valence-electron chi connectivity index (χ4n) is 1.88. The number of halogens is 1. The Balaban J connectivity index is 2.41. The van der Waals surface area contributed by atoms with Crippen molar-refractivity contribution in [2.24, 2.45) is 5.92 Å². The van der Waals surface area contributed by atoms with Gasteiger partial charge in [-0.25, -0.2) is 4.39 Å². The molecule has 3 nitrogen and oxygen atoms in total. The van der Waals surface area contributed by atoms with Gasteiger partial charge in [0, 0.05) is 6.54 Å². The Morgan fingerprint density at radius 3 is 2.54 bits per heavy atom. The van der Waals surface area contributed by atoms with Crippen LogP contribution in [0.4, 0.5) is 4.39 Å². The molecule has 13 heavy (non-hydrogen) atoms. The third kappa shape index (κ3) is 2.66. The number of aliphatic carboxylic acids is 1. The first-order valence-corrected chi connectivity index (χ1v) is 4.64. The van der Waals surface area contributed by atoms with Gasteiger partial charge in [0.15, 0.2) is 0 Å². The summed E-state index contributed by atoms with van der Waals surface area (Å²) >= 11 is 0. The number of carboxylic acids is 1. The highest BCUT2D eigenvalue weighted by Gasteiger charge is 2.36. The number of rotatable bonds is 3. The second kappa shape index (κ2) is 4.05. The highest BCUT2D eigenvalue weighted by molar-refractivity contribution is 5.70. The van der Waals surface area contributed by atoms with Crippen molar-refractivity contribution in [3.05, 3.63) is 0 Å². The molecule has 0 amide bonds. The highest BCUT2D eigenvalue weighted by Crippen LogP contribution is 2.34. The molecular weight excluding hydrogens is 173 g/mol. The van der Waals surface area contributed by atoms with E-state index in [2.05, 4.69) is 5.32 Å². The predicted octanol–water partition coefficient (Wildman–Crippen LogP) is 1.19. The molecule has 76 valence electrons. The SMILES string of the molecule is CNCC1(F)CCC(C(=O)O)CC1. The van der Waals surface area contributed by atoms with Crippen LogP contribution in [0.1, 0.15) is 25.7 Å². The fourth-order valence-corrected chi connectivity index (χ4v) is 1.88. The van der Waals surface area contributed by atoms with E-state index in [4.69, 9.17) is 5.11 Å². The summed E-state index contributed by atoms with van der Waals surface area (Å²) in [6.45, 7) is 0.333. The van der Waals surface area contributed by atoms with E-state index in [1.54, 1.807) is 7.05 Å². The number of nitrogens with one attached hydrogen (secondary N) is 1. The normalized spacial score (nSPS) is 34.5. The van der Waals surface area contributed by atoms with E-state index >= 15 is 0 Å². The summed E-state index contributed by atoms with van der Waals surface area (Å²) in [6, 6.07) is 0. The Morgan fingerprint density at radius 1 is 1.62 bits per heavy atom. The zero-order chi connectivity index (χ0) is 9.90. The Labute approximate surface area is 77.3 Å². The minimum atomic E-state index is -1.18. The maximum atomic E-state index is 13.8. The van der Waals surface area contributed by atoms with Crippen LogP contribution in [0.15, 0.2) is 0 Å². The molecule has 1 fully saturated rings. The zero-order valence-electron chi connectivity index (χ0n) is 7.85. The third-order valence-electron chi connectivity index (χ3n) is 2.72. The lowest BCUT2D eigenvalue weighted by molar-refractivity contribution is -0.143. The van der Waals surface area contributed by atoms with E-state index in [1.165, 1.54) is 0 Å². The molecule has 0 aromatic heterocycles. The van der Waals surface area contributed by atoms with Crippen molar-refractivity contribution in [1.29, 1.82) is 0 Å². The van der Waals surface area contributed by atoms with Crippen molar-refractivity contribution < 1.29 is 14.3 Å². The average molecular weight is 189 g/mol. The van der Waals surface area contributed by atoms with E-state index < -0.39 is 11.6 Å². The summed E-state index contributed by atoms with van der Waals surface area (Å²) < 4.78 is 13.8. The van der Waals surface area contributed by atoms with Crippen molar-refractivity contribution >= 4 is 5.97 Å². The van der Waals surface area contributed by atoms with Gasteiger partial charge in [0.1, 0.15) is 5.67 Å². The Hall–Kier alpha value is -0.640. The summed E-state index contributed by atoms with van der Waals surface area (Å²) in [5.74, 6) is -1.12. The van der Waals surface area contributed by atoms with E-state index in [-0.39, 0.29) is 5.92 Å². The number of hydrogen-bond donors (Lipinski definition) is 2. The quantitative estimate of drug-likeness (QED) is 0.701. The lowest BCUT2D eigenvalue weighted by Crippen LogP contribution is -2.39. The monoisotopic (exact) mass is 189 g/mol. The summed E-state index contributed by atoms with van der Waals surface area (Å²) in [5.41, 5.74) is -1.18. The van der Waals surface area contributed by atoms with Gasteiger partial charge >= 0.3 is 5.97 Å². The molecule has 4 heteroatoms. The molecule has 0 heterocycles. The minimum Gasteiger partial charge on any atom is -0.481 e. The van der Waals surface area contributed by atoms with Gasteiger partial charge in [-0.1, -0.05) is 0 Å². The molecule has 0 atom stereocenters. The lowest BCUT2D eigenvalue weighted by Gasteiger charge is -2.32. The molecule has 0 unspecified atom stereocenters. The first-order chi connectivity index (χ1) is 6.07. The maximum absolute atomic E-state index is 13.8. The van der Waals surface area contributed by atoms with Crippen LogP contribution in [0, 0.1) is 5.92 Å². The number of carboxylic acid groups (broad SMARTS) is 1. The van der Waals surface area contributed by atoms with Gasteiger partial charge in [-0.3, -0.25) is 4.79 Å². The van der Waals surface area contributed by atoms with Crippen LogP contribution in [0.2, 0.25) is 0 Å². The molecule has 1 saturated carbocycles. The maximum Gasteiger partial charge on any atom is 0.306 e. The Morgan fingerprint density at radius 2 is 2.15 bits per heavy atom. The van der Waals surface area contributed by atoms with Crippen molar-refractivity contribution in [2.75, 3.05) is 13.6 Å². The predicted molar refractivity (Wildman–Crippen MR) is 47.4 cm³/mol. The van der Waals surface area contributed by atoms with Crippen LogP contribution in [0.3, 0.4) is 0 Å². The molecule has 1 aliphatic carbocycles. The van der Waals surface area contributed by atoms with E-state index in [1.807, 2.05) is 0 Å². The first-order valence-electron chi connectivity index (χ1n) is 4.64. The molecule has 1 aliphatic rings. The number of alkyl halides is 1. The van der Waals surface area contributed by atoms with Crippen LogP contribution in [0.25, 0.3) is 0 Å². The molecule has 0 radical (unpaired) electrons. The summed E-state index contributed by atoms with van der Waals surface area (Å²) in [7, 11) is 1.71. The average Bonchev–Trinajstić information content (AvgIpc) is 2.05. The zero-order valence-corrected chi connectivity index (χ0v) is 7.85. The van der Waals surface area contributed by atoms with Crippen LogP contribution in [-0.4, -0.2) is 30.3 Å². The van der Waals surface area contributed by atoms with Crippen LogP contribution in [0.5, 0.6) is 0 Å². The number of carbonyl (C=O) groups is 1. The van der Waals surface area contributed by atoms with Crippen LogP contribution >= 0.6 is 0 Å². The summed E-state index contributed by atoms with van der Waals surface area (Å²) in [4.78, 5) is 10.6. The Kier molecular flexibility index (Phi) is 3.25. The van der Waals surface area contributed by atoms with Gasteiger partial charge < -0.3 is 10.4 Å². The fraction of sp³-hybridized carbons (Fsp3) is 0.889. The lowest BCUT2D eigenvalue weighted by atomic mass is 9.80. The van der Waals surface area contributed by atoms with Crippen LogP contribution in [-0.2, 0) is 4.79 Å². The van der Waals surface area contributed by atoms with E-state index in [0.717, 1.165) is 0 Å². The van der Waals surface area contributed by atoms with E-state index in [0.29, 0.717) is 32.2 Å². The van der Waals surface area contributed by atoms with Gasteiger partial charge in [-0.2, -0.15) is 0 Å². The topological polar surface area (TPSA) is 49.3 Å². The summed E-state index contributed by atoms with van der Waals surface area (Å²) in [6.07, 6.45) is 1.66. The van der Waals surface area contributed by atoms with Gasteiger partial charge in [-0.05, 0) is 32.7 Å². The van der Waals surface area contributed by atoms with Crippen molar-refractivity contribution in [1.82, 2.24) is 5.32 Å². The molecule has 0 aliphatic heterocycles. The highest BCUT2D eigenvalue weighted by atomic mass is 19.1. The van der Waals surface area contributed by atoms with Gasteiger partial charge in [-0.15, -0.1) is 0 Å².